The van der Waals surface area contributed by atoms with Gasteiger partial charge in [0, 0.05) is 17.6 Å². The molecule has 3 rings (SSSR count). The Kier molecular flexibility index (Phi) is 8.26. The second kappa shape index (κ2) is 11.0. The first-order chi connectivity index (χ1) is 16.6. The van der Waals surface area contributed by atoms with Gasteiger partial charge in [0.15, 0.2) is 9.84 Å². The van der Waals surface area contributed by atoms with Crippen molar-refractivity contribution in [2.45, 2.75) is 62.8 Å². The zero-order valence-corrected chi connectivity index (χ0v) is 21.5. The summed E-state index contributed by atoms with van der Waals surface area (Å²) >= 11 is 0. The third-order valence-electron chi connectivity index (χ3n) is 6.30. The molecule has 1 heterocycles. The number of sulfone groups is 1. The fourth-order valence-corrected chi connectivity index (χ4v) is 5.04. The van der Waals surface area contributed by atoms with Gasteiger partial charge in [-0.15, -0.1) is 0 Å². The van der Waals surface area contributed by atoms with Crippen molar-refractivity contribution in [3.63, 3.8) is 0 Å². The molecule has 1 aromatic rings. The molecule has 1 amide bonds. The number of hydrogen-bond acceptors (Lipinski definition) is 6. The van der Waals surface area contributed by atoms with Crippen molar-refractivity contribution in [2.24, 2.45) is 10.7 Å². The molecule has 0 radical (unpaired) electrons. The summed E-state index contributed by atoms with van der Waals surface area (Å²) in [6, 6.07) is 6.38. The summed E-state index contributed by atoms with van der Waals surface area (Å²) < 4.78 is 24.0. The maximum absolute atomic E-state index is 12.3. The number of nitrogens with zero attached hydrogens (tertiary/aromatic N) is 1. The average Bonchev–Trinajstić information content (AvgIpc) is 2.82. The third-order valence-corrected chi connectivity index (χ3v) is 7.41. The Bertz CT molecular complexity index is 1180. The highest BCUT2D eigenvalue weighted by molar-refractivity contribution is 7.90. The van der Waals surface area contributed by atoms with Crippen LogP contribution >= 0.6 is 0 Å². The molecule has 1 aliphatic carbocycles. The maximum atomic E-state index is 12.3. The molecule has 0 bridgehead atoms. The largest absolute Gasteiger partial charge is 0.382 e. The SMILES string of the molecule is C=C(CC)NC1(CN=C2NC(=CC)C(C(N)=O)=C(Nc3cccc(S(C)(=O)=O)c3)N2)CCCCC1. The van der Waals surface area contributed by atoms with Gasteiger partial charge in [-0.2, -0.15) is 0 Å². The average molecular weight is 501 g/mol. The van der Waals surface area contributed by atoms with Crippen LogP contribution in [0.5, 0.6) is 0 Å². The summed E-state index contributed by atoms with van der Waals surface area (Å²) in [7, 11) is -3.39. The Hall–Kier alpha value is -3.27. The van der Waals surface area contributed by atoms with Gasteiger partial charge in [-0.05, 0) is 44.4 Å². The Labute approximate surface area is 208 Å². The van der Waals surface area contributed by atoms with E-state index < -0.39 is 15.7 Å². The van der Waals surface area contributed by atoms with E-state index in [-0.39, 0.29) is 16.0 Å². The number of nitrogens with two attached hydrogens (primary N) is 1. The van der Waals surface area contributed by atoms with E-state index in [0.717, 1.165) is 44.1 Å². The van der Waals surface area contributed by atoms with Crippen LogP contribution in [0.2, 0.25) is 0 Å². The van der Waals surface area contributed by atoms with Crippen LogP contribution in [0.15, 0.2) is 69.6 Å². The first-order valence-corrected chi connectivity index (χ1v) is 13.8. The van der Waals surface area contributed by atoms with Gasteiger partial charge in [0.05, 0.1) is 22.7 Å². The minimum atomic E-state index is -3.39. The summed E-state index contributed by atoms with van der Waals surface area (Å²) in [5, 5.41) is 13.0. The Morgan fingerprint density at radius 1 is 1.26 bits per heavy atom. The molecule has 1 aliphatic heterocycles. The number of anilines is 1. The van der Waals surface area contributed by atoms with Crippen molar-refractivity contribution >= 4 is 27.4 Å². The molecule has 0 unspecified atom stereocenters. The Morgan fingerprint density at radius 2 is 1.97 bits per heavy atom. The van der Waals surface area contributed by atoms with E-state index in [1.807, 2.05) is 0 Å². The number of aliphatic imine (C=N–C) groups is 1. The molecule has 35 heavy (non-hydrogen) atoms. The monoisotopic (exact) mass is 500 g/mol. The molecule has 0 aromatic heterocycles. The van der Waals surface area contributed by atoms with Crippen molar-refractivity contribution in [3.8, 4) is 0 Å². The minimum Gasteiger partial charge on any atom is -0.382 e. The fourth-order valence-electron chi connectivity index (χ4n) is 4.38. The van der Waals surface area contributed by atoms with Gasteiger partial charge >= 0.3 is 0 Å². The maximum Gasteiger partial charge on any atom is 0.254 e. The van der Waals surface area contributed by atoms with E-state index >= 15 is 0 Å². The van der Waals surface area contributed by atoms with Crippen LogP contribution < -0.4 is 27.0 Å². The number of amides is 1. The van der Waals surface area contributed by atoms with Crippen molar-refractivity contribution < 1.29 is 13.2 Å². The van der Waals surface area contributed by atoms with Gasteiger partial charge < -0.3 is 27.0 Å². The lowest BCUT2D eigenvalue weighted by Gasteiger charge is -2.39. The van der Waals surface area contributed by atoms with Gasteiger partial charge in [0.25, 0.3) is 5.91 Å². The molecule has 10 heteroatoms. The second-order valence-corrected chi connectivity index (χ2v) is 11.1. The third kappa shape index (κ3) is 6.66. The van der Waals surface area contributed by atoms with Crippen LogP contribution in [0.4, 0.5) is 5.69 Å². The van der Waals surface area contributed by atoms with Gasteiger partial charge in [-0.1, -0.05) is 44.9 Å². The lowest BCUT2D eigenvalue weighted by molar-refractivity contribution is -0.114. The lowest BCUT2D eigenvalue weighted by atomic mass is 9.81. The van der Waals surface area contributed by atoms with E-state index in [1.54, 1.807) is 25.1 Å². The van der Waals surface area contributed by atoms with E-state index in [9.17, 15) is 13.2 Å². The molecule has 0 atom stereocenters. The second-order valence-electron chi connectivity index (χ2n) is 9.08. The lowest BCUT2D eigenvalue weighted by Crippen LogP contribution is -2.51. The van der Waals surface area contributed by atoms with E-state index in [0.29, 0.717) is 29.7 Å². The first-order valence-electron chi connectivity index (χ1n) is 11.9. The van der Waals surface area contributed by atoms with Gasteiger partial charge in [0.2, 0.25) is 5.96 Å². The number of carbonyl (C=O) groups is 1. The summed E-state index contributed by atoms with van der Waals surface area (Å²) in [5.41, 5.74) is 7.76. The summed E-state index contributed by atoms with van der Waals surface area (Å²) in [6.45, 7) is 8.54. The smallest absolute Gasteiger partial charge is 0.254 e. The van der Waals surface area contributed by atoms with Crippen LogP contribution in [-0.2, 0) is 14.6 Å². The fraction of sp³-hybridized carbons (Fsp3) is 0.440. The van der Waals surface area contributed by atoms with Crippen molar-refractivity contribution in [3.05, 3.63) is 59.7 Å². The van der Waals surface area contributed by atoms with E-state index in [1.165, 1.54) is 18.6 Å². The zero-order chi connectivity index (χ0) is 25.6. The minimum absolute atomic E-state index is 0.164. The van der Waals surface area contributed by atoms with Crippen molar-refractivity contribution in [2.75, 3.05) is 18.1 Å². The Balaban J connectivity index is 1.92. The number of allylic oxidation sites excluding steroid dienone is 2. The molecule has 1 fully saturated rings. The van der Waals surface area contributed by atoms with Crippen LogP contribution in [0, 0.1) is 0 Å². The molecule has 9 nitrogen and oxygen atoms in total. The predicted octanol–water partition coefficient (Wildman–Crippen LogP) is 2.87. The number of rotatable bonds is 9. The molecular formula is C25H36N6O3S. The van der Waals surface area contributed by atoms with Crippen molar-refractivity contribution in [1.82, 2.24) is 16.0 Å². The highest BCUT2D eigenvalue weighted by Gasteiger charge is 2.33. The number of nitrogens with one attached hydrogen (secondary N) is 4. The highest BCUT2D eigenvalue weighted by Crippen LogP contribution is 2.30. The van der Waals surface area contributed by atoms with E-state index in [4.69, 9.17) is 10.7 Å². The molecule has 1 aromatic carbocycles. The predicted molar refractivity (Wildman–Crippen MR) is 140 cm³/mol. The molecule has 6 N–H and O–H groups in total. The Morgan fingerprint density at radius 3 is 2.57 bits per heavy atom. The highest BCUT2D eigenvalue weighted by atomic mass is 32.2. The molecule has 2 aliphatic rings. The normalized spacial score (nSPS) is 20.2. The van der Waals surface area contributed by atoms with Crippen LogP contribution in [0.25, 0.3) is 0 Å². The first kappa shape index (κ1) is 26.3. The molecular weight excluding hydrogens is 464 g/mol. The molecule has 0 saturated heterocycles. The zero-order valence-electron chi connectivity index (χ0n) is 20.7. The van der Waals surface area contributed by atoms with E-state index in [2.05, 4.69) is 34.8 Å². The van der Waals surface area contributed by atoms with Crippen LogP contribution in [-0.4, -0.2) is 38.6 Å². The summed E-state index contributed by atoms with van der Waals surface area (Å²) in [4.78, 5) is 17.3. The van der Waals surface area contributed by atoms with Crippen LogP contribution in [0.3, 0.4) is 0 Å². The van der Waals surface area contributed by atoms with Crippen molar-refractivity contribution in [1.29, 1.82) is 0 Å². The standard InChI is InChI=1S/C25H36N6O3S/c1-5-17(3)31-25(13-8-7-9-14-25)16-27-24-29-20(6-2)21(22(26)32)23(30-24)28-18-11-10-12-19(15-18)35(4,33)34/h6,10-12,15,28,31H,3,5,7-9,13-14,16H2,1-2,4H3,(H2,26,32)(H2,27,29,30). The van der Waals surface area contributed by atoms with Gasteiger partial charge in [0.1, 0.15) is 11.4 Å². The number of carbonyl (C=O) groups excluding carboxylic acids is 1. The molecule has 0 spiro atoms. The summed E-state index contributed by atoms with van der Waals surface area (Å²) in [6.07, 6.45) is 9.23. The topological polar surface area (TPSA) is 138 Å². The quantitative estimate of drug-likeness (QED) is 0.351. The van der Waals surface area contributed by atoms with Gasteiger partial charge in [-0.3, -0.25) is 9.79 Å². The number of benzene rings is 1. The molecule has 190 valence electrons. The molecule has 1 saturated carbocycles. The number of primary amides is 1. The van der Waals surface area contributed by atoms with Gasteiger partial charge in [-0.25, -0.2) is 8.42 Å². The number of guanidine groups is 1. The van der Waals surface area contributed by atoms with Crippen LogP contribution in [0.1, 0.15) is 52.4 Å². The number of hydrogen-bond donors (Lipinski definition) is 5. The summed E-state index contributed by atoms with van der Waals surface area (Å²) in [5.74, 6) is 0.166.